The minimum absolute atomic E-state index is 0.140. The van der Waals surface area contributed by atoms with Crippen molar-refractivity contribution in [1.29, 1.82) is 0 Å². The van der Waals surface area contributed by atoms with Gasteiger partial charge in [-0.1, -0.05) is 53.8 Å². The highest BCUT2D eigenvalue weighted by Crippen LogP contribution is 2.38. The highest BCUT2D eigenvalue weighted by atomic mass is 35.5. The fourth-order valence-electron chi connectivity index (χ4n) is 3.50. The van der Waals surface area contributed by atoms with Crippen molar-refractivity contribution in [2.75, 3.05) is 23.4 Å². The Bertz CT molecular complexity index is 1460. The first kappa shape index (κ1) is 27.1. The van der Waals surface area contributed by atoms with Gasteiger partial charge in [-0.2, -0.15) is 0 Å². The molecule has 0 aromatic heterocycles. The molecule has 0 aliphatic carbocycles. The van der Waals surface area contributed by atoms with E-state index in [0.29, 0.717) is 45.0 Å². The number of non-ortho nitro benzene ring substituents is 1. The van der Waals surface area contributed by atoms with Crippen molar-refractivity contribution in [2.45, 2.75) is 6.92 Å². The second-order valence-electron chi connectivity index (χ2n) is 7.78. The minimum atomic E-state index is -0.531. The van der Waals surface area contributed by atoms with Gasteiger partial charge in [-0.05, 0) is 55.0 Å². The van der Waals surface area contributed by atoms with Gasteiger partial charge in [0.2, 0.25) is 0 Å². The average molecular weight is 570 g/mol. The zero-order valence-electron chi connectivity index (χ0n) is 19.9. The van der Waals surface area contributed by atoms with E-state index >= 15 is 0 Å². The Morgan fingerprint density at radius 3 is 2.66 bits per heavy atom. The van der Waals surface area contributed by atoms with Crippen molar-refractivity contribution < 1.29 is 24.0 Å². The third-order valence-corrected chi connectivity index (χ3v) is 6.66. The average Bonchev–Trinajstić information content (AvgIpc) is 3.16. The highest BCUT2D eigenvalue weighted by molar-refractivity contribution is 8.27. The first-order valence-corrected chi connectivity index (χ1v) is 12.8. The zero-order valence-corrected chi connectivity index (χ0v) is 22.3. The Morgan fingerprint density at radius 1 is 1.13 bits per heavy atom. The predicted octanol–water partition coefficient (Wildman–Crippen LogP) is 6.07. The fraction of sp³-hybridized carbons (Fsp3) is 0.115. The van der Waals surface area contributed by atoms with Crippen molar-refractivity contribution in [3.8, 4) is 11.5 Å². The predicted molar refractivity (Wildman–Crippen MR) is 152 cm³/mol. The lowest BCUT2D eigenvalue weighted by molar-refractivity contribution is -0.384. The quantitative estimate of drug-likeness (QED) is 0.143. The highest BCUT2D eigenvalue weighted by Gasteiger charge is 2.34. The number of carbonyl (C=O) groups excluding carboxylic acids is 2. The lowest BCUT2D eigenvalue weighted by Crippen LogP contribution is -2.27. The number of thiocarbonyl (C=S) groups is 1. The van der Waals surface area contributed by atoms with Crippen LogP contribution in [0, 0.1) is 10.1 Å². The van der Waals surface area contributed by atoms with Crippen molar-refractivity contribution in [2.24, 2.45) is 0 Å². The number of hydrogen-bond donors (Lipinski definition) is 1. The number of nitrogens with zero attached hydrogens (tertiary/aromatic N) is 2. The van der Waals surface area contributed by atoms with E-state index in [2.05, 4.69) is 5.32 Å². The van der Waals surface area contributed by atoms with E-state index in [1.54, 1.807) is 54.6 Å². The van der Waals surface area contributed by atoms with Gasteiger partial charge in [-0.25, -0.2) is 0 Å². The molecule has 0 bridgehead atoms. The van der Waals surface area contributed by atoms with Crippen molar-refractivity contribution in [3.63, 3.8) is 0 Å². The van der Waals surface area contributed by atoms with Crippen LogP contribution in [0.3, 0.4) is 0 Å². The molecule has 9 nitrogen and oxygen atoms in total. The van der Waals surface area contributed by atoms with E-state index in [1.807, 2.05) is 6.92 Å². The summed E-state index contributed by atoms with van der Waals surface area (Å²) in [6.45, 7) is 1.91. The third kappa shape index (κ3) is 6.49. The minimum Gasteiger partial charge on any atom is -0.490 e. The van der Waals surface area contributed by atoms with Gasteiger partial charge in [0, 0.05) is 22.8 Å². The van der Waals surface area contributed by atoms with Crippen LogP contribution in [0.2, 0.25) is 5.02 Å². The zero-order chi connectivity index (χ0) is 27.2. The molecule has 1 heterocycles. The molecule has 1 saturated heterocycles. The number of thioether (sulfide) groups is 1. The smallest absolute Gasteiger partial charge is 0.271 e. The van der Waals surface area contributed by atoms with E-state index in [0.717, 1.165) is 11.8 Å². The lowest BCUT2D eigenvalue weighted by Gasteiger charge is -2.14. The number of nitro benzene ring substituents is 1. The second kappa shape index (κ2) is 12.1. The Hall–Kier alpha value is -3.93. The van der Waals surface area contributed by atoms with E-state index < -0.39 is 10.8 Å². The molecule has 0 saturated carbocycles. The maximum Gasteiger partial charge on any atom is 0.271 e. The second-order valence-corrected chi connectivity index (χ2v) is 9.89. The van der Waals surface area contributed by atoms with Crippen LogP contribution in [0.1, 0.15) is 12.5 Å². The van der Waals surface area contributed by atoms with Crippen molar-refractivity contribution in [1.82, 2.24) is 0 Å². The van der Waals surface area contributed by atoms with E-state index in [1.165, 1.54) is 23.1 Å². The van der Waals surface area contributed by atoms with Gasteiger partial charge in [0.1, 0.15) is 0 Å². The van der Waals surface area contributed by atoms with Crippen LogP contribution in [0.15, 0.2) is 71.6 Å². The third-order valence-electron chi connectivity index (χ3n) is 5.12. The number of benzene rings is 3. The van der Waals surface area contributed by atoms with Gasteiger partial charge in [0.25, 0.3) is 17.5 Å². The molecular formula is C26H20ClN3O6S2. The number of rotatable bonds is 9. The fourth-order valence-corrected chi connectivity index (χ4v) is 4.99. The summed E-state index contributed by atoms with van der Waals surface area (Å²) in [5.41, 5.74) is 1.37. The van der Waals surface area contributed by atoms with Crippen LogP contribution >= 0.6 is 35.6 Å². The summed E-state index contributed by atoms with van der Waals surface area (Å²) < 4.78 is 11.6. The van der Waals surface area contributed by atoms with Gasteiger partial charge >= 0.3 is 0 Å². The number of hydrogen-bond acceptors (Lipinski definition) is 8. The molecule has 0 radical (unpaired) electrons. The molecule has 1 aliphatic rings. The van der Waals surface area contributed by atoms with E-state index in [4.69, 9.17) is 33.3 Å². The van der Waals surface area contributed by atoms with Gasteiger partial charge in [-0.15, -0.1) is 0 Å². The summed E-state index contributed by atoms with van der Waals surface area (Å²) in [5.74, 6) is -0.0135. The first-order valence-electron chi connectivity index (χ1n) is 11.2. The van der Waals surface area contributed by atoms with Crippen LogP contribution in [0.5, 0.6) is 11.5 Å². The van der Waals surface area contributed by atoms with Gasteiger partial charge in [0.15, 0.2) is 22.4 Å². The molecule has 0 spiro atoms. The monoisotopic (exact) mass is 569 g/mol. The van der Waals surface area contributed by atoms with Gasteiger partial charge < -0.3 is 14.8 Å². The number of ether oxygens (including phenoxy) is 2. The Balaban J connectivity index is 1.49. The van der Waals surface area contributed by atoms with Crippen LogP contribution in [0.4, 0.5) is 17.1 Å². The van der Waals surface area contributed by atoms with Gasteiger partial charge in [0.05, 0.1) is 22.1 Å². The molecule has 1 N–H and O–H groups in total. The summed E-state index contributed by atoms with van der Waals surface area (Å²) in [4.78, 5) is 37.6. The van der Waals surface area contributed by atoms with Crippen LogP contribution in [0.25, 0.3) is 6.08 Å². The summed E-state index contributed by atoms with van der Waals surface area (Å²) in [6, 6.07) is 17.5. The summed E-state index contributed by atoms with van der Waals surface area (Å²) in [6.07, 6.45) is 1.65. The Labute approximate surface area is 232 Å². The molecule has 3 aromatic carbocycles. The number of amides is 2. The molecule has 1 fully saturated rings. The van der Waals surface area contributed by atoms with Crippen molar-refractivity contribution in [3.05, 3.63) is 92.3 Å². The maximum atomic E-state index is 13.1. The number of nitrogens with one attached hydrogen (secondary N) is 1. The standard InChI is InChI=1S/C26H20ClN3O6S2/c1-2-35-22-11-16(9-10-21(22)36-15-24(31)28-18-6-3-5-17(27)13-18)12-23-25(32)29(26(37)38-23)19-7-4-8-20(14-19)30(33)34/h3-14H,2,15H2,1H3,(H,28,31)/b23-12-. The van der Waals surface area contributed by atoms with Crippen LogP contribution in [-0.4, -0.2) is 34.3 Å². The topological polar surface area (TPSA) is 111 Å². The molecule has 4 rings (SSSR count). The lowest BCUT2D eigenvalue weighted by atomic mass is 10.1. The molecule has 0 atom stereocenters. The molecule has 12 heteroatoms. The SMILES string of the molecule is CCOc1cc(/C=C2\SC(=S)N(c3cccc([N+](=O)[O-])c3)C2=O)ccc1OCC(=O)Nc1cccc(Cl)c1. The molecule has 1 aliphatic heterocycles. The molecule has 194 valence electrons. The number of nitro groups is 1. The number of halogens is 1. The van der Waals surface area contributed by atoms with E-state index in [9.17, 15) is 19.7 Å². The maximum absolute atomic E-state index is 13.1. The molecule has 0 unspecified atom stereocenters. The Kier molecular flexibility index (Phi) is 8.62. The van der Waals surface area contributed by atoms with Crippen LogP contribution < -0.4 is 19.7 Å². The number of carbonyl (C=O) groups is 2. The first-order chi connectivity index (χ1) is 18.2. The van der Waals surface area contributed by atoms with E-state index in [-0.39, 0.29) is 22.5 Å². The normalized spacial score (nSPS) is 14.1. The molecular weight excluding hydrogens is 550 g/mol. The summed E-state index contributed by atoms with van der Waals surface area (Å²) in [7, 11) is 0. The molecule has 3 aromatic rings. The van der Waals surface area contributed by atoms with Gasteiger partial charge in [-0.3, -0.25) is 24.6 Å². The molecule has 38 heavy (non-hydrogen) atoms. The summed E-state index contributed by atoms with van der Waals surface area (Å²) >= 11 is 12.4. The van der Waals surface area contributed by atoms with Crippen molar-refractivity contribution >= 4 is 74.9 Å². The number of anilines is 2. The summed E-state index contributed by atoms with van der Waals surface area (Å²) in [5, 5.41) is 14.3. The molecule has 2 amide bonds. The Morgan fingerprint density at radius 2 is 1.92 bits per heavy atom. The largest absolute Gasteiger partial charge is 0.490 e. The van der Waals surface area contributed by atoms with Crippen LogP contribution in [-0.2, 0) is 9.59 Å².